The Morgan fingerprint density at radius 3 is 2.58 bits per heavy atom. The Bertz CT molecular complexity index is 199. The Morgan fingerprint density at radius 1 is 1.58 bits per heavy atom. The highest BCUT2D eigenvalue weighted by atomic mass is 16.2. The molecule has 4 heteroatoms. The Balaban J connectivity index is 2.19. The lowest BCUT2D eigenvalue weighted by atomic mass is 10.1. The Hall–Kier alpha value is -1.06. The third-order valence-corrected chi connectivity index (χ3v) is 1.92. The summed E-state index contributed by atoms with van der Waals surface area (Å²) in [4.78, 5) is 21.7. The van der Waals surface area contributed by atoms with E-state index in [9.17, 15) is 9.59 Å². The maximum absolute atomic E-state index is 11.1. The van der Waals surface area contributed by atoms with Crippen molar-refractivity contribution in [1.82, 2.24) is 5.32 Å². The summed E-state index contributed by atoms with van der Waals surface area (Å²) < 4.78 is 0. The summed E-state index contributed by atoms with van der Waals surface area (Å²) in [6, 6.07) is 0.359. The first-order valence-corrected chi connectivity index (χ1v) is 4.18. The number of hydrogen-bond donors (Lipinski definition) is 2. The third-order valence-electron chi connectivity index (χ3n) is 1.92. The van der Waals surface area contributed by atoms with E-state index in [0.717, 1.165) is 12.8 Å². The molecular weight excluding hydrogens is 156 g/mol. The smallest absolute Gasteiger partial charge is 0.221 e. The van der Waals surface area contributed by atoms with Crippen molar-refractivity contribution in [3.8, 4) is 0 Å². The molecule has 2 amide bonds. The van der Waals surface area contributed by atoms with E-state index >= 15 is 0 Å². The minimum Gasteiger partial charge on any atom is -0.369 e. The van der Waals surface area contributed by atoms with E-state index < -0.39 is 5.91 Å². The van der Waals surface area contributed by atoms with Gasteiger partial charge in [-0.1, -0.05) is 6.92 Å². The summed E-state index contributed by atoms with van der Waals surface area (Å²) in [6.45, 7) is 1.66. The quantitative estimate of drug-likeness (QED) is 0.612. The first-order chi connectivity index (χ1) is 5.59. The molecule has 68 valence electrons. The largest absolute Gasteiger partial charge is 0.369 e. The van der Waals surface area contributed by atoms with E-state index in [1.807, 2.05) is 0 Å². The first kappa shape index (κ1) is 9.03. The van der Waals surface area contributed by atoms with E-state index in [2.05, 4.69) is 5.32 Å². The van der Waals surface area contributed by atoms with Gasteiger partial charge in [-0.05, 0) is 12.8 Å². The van der Waals surface area contributed by atoms with Crippen LogP contribution in [0.5, 0.6) is 0 Å². The summed E-state index contributed by atoms with van der Waals surface area (Å²) >= 11 is 0. The molecule has 0 aliphatic heterocycles. The van der Waals surface area contributed by atoms with E-state index in [1.165, 1.54) is 0 Å². The highest BCUT2D eigenvalue weighted by Crippen LogP contribution is 2.18. The first-order valence-electron chi connectivity index (χ1n) is 4.18. The average Bonchev–Trinajstić information content (AvgIpc) is 2.71. The molecule has 0 bridgehead atoms. The second-order valence-electron chi connectivity index (χ2n) is 3.35. The van der Waals surface area contributed by atoms with Gasteiger partial charge in [0.1, 0.15) is 0 Å². The molecule has 0 spiro atoms. The molecule has 0 aromatic carbocycles. The minimum absolute atomic E-state index is 0.0659. The predicted octanol–water partition coefficient (Wildman–Crippen LogP) is -0.223. The van der Waals surface area contributed by atoms with Crippen LogP contribution in [0, 0.1) is 5.92 Å². The molecule has 1 saturated carbocycles. The number of rotatable bonds is 4. The highest BCUT2D eigenvalue weighted by molar-refractivity contribution is 5.84. The zero-order valence-electron chi connectivity index (χ0n) is 7.17. The van der Waals surface area contributed by atoms with Crippen molar-refractivity contribution in [3.05, 3.63) is 0 Å². The maximum Gasteiger partial charge on any atom is 0.221 e. The number of carbonyl (C=O) groups excluding carboxylic acids is 2. The lowest BCUT2D eigenvalue weighted by Crippen LogP contribution is -2.31. The molecule has 1 rings (SSSR count). The summed E-state index contributed by atoms with van der Waals surface area (Å²) in [7, 11) is 0. The van der Waals surface area contributed by atoms with Gasteiger partial charge in [-0.25, -0.2) is 0 Å². The SMILES string of the molecule is CC(CC(=O)NC1CC1)C(N)=O. The topological polar surface area (TPSA) is 72.2 Å². The molecule has 0 saturated heterocycles. The van der Waals surface area contributed by atoms with Crippen LogP contribution in [-0.2, 0) is 9.59 Å². The molecule has 3 N–H and O–H groups in total. The van der Waals surface area contributed by atoms with Crippen molar-refractivity contribution in [2.45, 2.75) is 32.2 Å². The lowest BCUT2D eigenvalue weighted by molar-refractivity contribution is -0.128. The van der Waals surface area contributed by atoms with Gasteiger partial charge < -0.3 is 11.1 Å². The van der Waals surface area contributed by atoms with E-state index in [-0.39, 0.29) is 18.2 Å². The van der Waals surface area contributed by atoms with Crippen LogP contribution in [0.15, 0.2) is 0 Å². The second-order valence-corrected chi connectivity index (χ2v) is 3.35. The second kappa shape index (κ2) is 3.56. The molecule has 1 atom stereocenters. The van der Waals surface area contributed by atoms with Crippen molar-refractivity contribution in [2.24, 2.45) is 11.7 Å². The standard InChI is InChI=1S/C8H14N2O2/c1-5(8(9)12)4-7(11)10-6-2-3-6/h5-6H,2-4H2,1H3,(H2,9,12)(H,10,11). The minimum atomic E-state index is -0.416. The molecule has 1 unspecified atom stereocenters. The van der Waals surface area contributed by atoms with E-state index in [0.29, 0.717) is 6.04 Å². The van der Waals surface area contributed by atoms with Crippen LogP contribution in [0.1, 0.15) is 26.2 Å². The van der Waals surface area contributed by atoms with E-state index in [1.54, 1.807) is 6.92 Å². The van der Waals surface area contributed by atoms with Crippen LogP contribution in [0.4, 0.5) is 0 Å². The van der Waals surface area contributed by atoms with Crippen molar-refractivity contribution in [3.63, 3.8) is 0 Å². The fourth-order valence-corrected chi connectivity index (χ4v) is 0.893. The Morgan fingerprint density at radius 2 is 2.17 bits per heavy atom. The molecule has 0 aromatic heterocycles. The number of nitrogens with one attached hydrogen (secondary N) is 1. The monoisotopic (exact) mass is 170 g/mol. The van der Waals surface area contributed by atoms with Gasteiger partial charge in [0.15, 0.2) is 0 Å². The van der Waals surface area contributed by atoms with Gasteiger partial charge in [0.2, 0.25) is 11.8 Å². The van der Waals surface area contributed by atoms with Gasteiger partial charge in [0.05, 0.1) is 0 Å². The Kier molecular flexibility index (Phi) is 2.68. The molecule has 0 aromatic rings. The number of hydrogen-bond acceptors (Lipinski definition) is 2. The van der Waals surface area contributed by atoms with Gasteiger partial charge in [-0.2, -0.15) is 0 Å². The van der Waals surface area contributed by atoms with Gasteiger partial charge >= 0.3 is 0 Å². The molecule has 4 nitrogen and oxygen atoms in total. The lowest BCUT2D eigenvalue weighted by Gasteiger charge is -2.06. The molecule has 1 fully saturated rings. The van der Waals surface area contributed by atoms with E-state index in [4.69, 9.17) is 5.73 Å². The van der Waals surface area contributed by atoms with Crippen molar-refractivity contribution in [2.75, 3.05) is 0 Å². The average molecular weight is 170 g/mol. The van der Waals surface area contributed by atoms with Gasteiger partial charge in [-0.15, -0.1) is 0 Å². The summed E-state index contributed by atoms with van der Waals surface area (Å²) in [5, 5.41) is 2.79. The fraction of sp³-hybridized carbons (Fsp3) is 0.750. The van der Waals surface area contributed by atoms with Gasteiger partial charge in [0, 0.05) is 18.4 Å². The van der Waals surface area contributed by atoms with Gasteiger partial charge in [0.25, 0.3) is 0 Å². The van der Waals surface area contributed by atoms with Crippen LogP contribution in [0.3, 0.4) is 0 Å². The predicted molar refractivity (Wildman–Crippen MR) is 44.1 cm³/mol. The van der Waals surface area contributed by atoms with Crippen LogP contribution in [0.25, 0.3) is 0 Å². The van der Waals surface area contributed by atoms with Crippen molar-refractivity contribution < 1.29 is 9.59 Å². The third kappa shape index (κ3) is 2.90. The number of primary amides is 1. The zero-order valence-corrected chi connectivity index (χ0v) is 7.17. The molecular formula is C8H14N2O2. The molecule has 12 heavy (non-hydrogen) atoms. The van der Waals surface area contributed by atoms with Crippen molar-refractivity contribution >= 4 is 11.8 Å². The zero-order chi connectivity index (χ0) is 9.14. The number of carbonyl (C=O) groups is 2. The highest BCUT2D eigenvalue weighted by Gasteiger charge is 2.24. The van der Waals surface area contributed by atoms with Crippen LogP contribution < -0.4 is 11.1 Å². The van der Waals surface area contributed by atoms with Crippen molar-refractivity contribution in [1.29, 1.82) is 0 Å². The maximum atomic E-state index is 11.1. The Labute approximate surface area is 71.5 Å². The molecule has 1 aliphatic carbocycles. The number of amides is 2. The number of nitrogens with two attached hydrogens (primary N) is 1. The summed E-state index contributed by atoms with van der Waals surface area (Å²) in [5.41, 5.74) is 5.01. The fourth-order valence-electron chi connectivity index (χ4n) is 0.893. The molecule has 0 radical (unpaired) electrons. The molecule has 1 aliphatic rings. The van der Waals surface area contributed by atoms with Gasteiger partial charge in [-0.3, -0.25) is 9.59 Å². The normalized spacial score (nSPS) is 18.4. The van der Waals surface area contributed by atoms with Crippen LogP contribution in [0.2, 0.25) is 0 Å². The molecule has 0 heterocycles. The van der Waals surface area contributed by atoms with Crippen LogP contribution in [-0.4, -0.2) is 17.9 Å². The summed E-state index contributed by atoms with van der Waals surface area (Å²) in [5.74, 6) is -0.839. The summed E-state index contributed by atoms with van der Waals surface area (Å²) in [6.07, 6.45) is 2.35. The van der Waals surface area contributed by atoms with Crippen LogP contribution >= 0.6 is 0 Å².